The number of hydrogen-bond donors (Lipinski definition) is 0. The normalized spacial score (nSPS) is 19.7. The SMILES string of the molecule is Cc1noc2nc(C3CCN(C(=O)C(C)N4CCCC4=O)CC3)cc(C(F)(F)F)c12. The number of halogens is 3. The standard InChI is InChI=1S/C20H23F3N4O3/c1-11-17-14(20(21,22)23)10-15(24-18(17)30-25-11)13-5-8-26(9-6-13)19(29)12(2)27-7-3-4-16(27)28/h10,12-13H,3-9H2,1-2H3. The second kappa shape index (κ2) is 7.55. The molecule has 1 atom stereocenters. The van der Waals surface area contributed by atoms with E-state index in [1.54, 1.807) is 16.7 Å². The van der Waals surface area contributed by atoms with Crippen LogP contribution in [0.4, 0.5) is 13.2 Å². The number of likely N-dealkylation sites (tertiary alicyclic amines) is 2. The van der Waals surface area contributed by atoms with Crippen LogP contribution in [0.25, 0.3) is 11.1 Å². The molecule has 10 heteroatoms. The lowest BCUT2D eigenvalue weighted by molar-refractivity contribution is -0.143. The maximum Gasteiger partial charge on any atom is 0.417 e. The molecule has 4 heterocycles. The molecule has 2 aromatic heterocycles. The highest BCUT2D eigenvalue weighted by Crippen LogP contribution is 2.39. The van der Waals surface area contributed by atoms with Gasteiger partial charge in [0, 0.05) is 37.7 Å². The number of piperidine rings is 1. The predicted molar refractivity (Wildman–Crippen MR) is 101 cm³/mol. The van der Waals surface area contributed by atoms with Gasteiger partial charge in [0.2, 0.25) is 11.8 Å². The summed E-state index contributed by atoms with van der Waals surface area (Å²) in [4.78, 5) is 32.3. The third-order valence-electron chi connectivity index (χ3n) is 6.10. The molecule has 0 aromatic carbocycles. The second-order valence-corrected chi connectivity index (χ2v) is 8.01. The Morgan fingerprint density at radius 1 is 1.27 bits per heavy atom. The number of fused-ring (bicyclic) bond motifs is 1. The molecule has 2 saturated heterocycles. The molecular weight excluding hydrogens is 401 g/mol. The van der Waals surface area contributed by atoms with Crippen LogP contribution >= 0.6 is 0 Å². The number of amides is 2. The summed E-state index contributed by atoms with van der Waals surface area (Å²) in [6.45, 7) is 4.59. The lowest BCUT2D eigenvalue weighted by Gasteiger charge is -2.35. The van der Waals surface area contributed by atoms with Crippen molar-refractivity contribution in [3.63, 3.8) is 0 Å². The van der Waals surface area contributed by atoms with E-state index in [-0.39, 0.29) is 34.5 Å². The summed E-state index contributed by atoms with van der Waals surface area (Å²) in [6.07, 6.45) is -2.32. The zero-order valence-corrected chi connectivity index (χ0v) is 16.8. The van der Waals surface area contributed by atoms with E-state index in [0.717, 1.165) is 12.5 Å². The molecule has 0 bridgehead atoms. The lowest BCUT2D eigenvalue weighted by atomic mass is 9.91. The van der Waals surface area contributed by atoms with Crippen LogP contribution in [-0.2, 0) is 15.8 Å². The number of alkyl halides is 3. The topological polar surface area (TPSA) is 79.5 Å². The summed E-state index contributed by atoms with van der Waals surface area (Å²) in [5.41, 5.74) is -0.444. The van der Waals surface area contributed by atoms with Crippen LogP contribution in [0.15, 0.2) is 10.6 Å². The fourth-order valence-electron chi connectivity index (χ4n) is 4.42. The summed E-state index contributed by atoms with van der Waals surface area (Å²) >= 11 is 0. The van der Waals surface area contributed by atoms with Gasteiger partial charge in [-0.25, -0.2) is 4.98 Å². The maximum atomic E-state index is 13.6. The Bertz CT molecular complexity index is 980. The fourth-order valence-corrected chi connectivity index (χ4v) is 4.42. The molecule has 162 valence electrons. The van der Waals surface area contributed by atoms with Crippen molar-refractivity contribution in [3.8, 4) is 0 Å². The number of carbonyl (C=O) groups excluding carboxylic acids is 2. The third kappa shape index (κ3) is 3.63. The fraction of sp³-hybridized carbons (Fsp3) is 0.600. The first kappa shape index (κ1) is 20.6. The molecule has 7 nitrogen and oxygen atoms in total. The summed E-state index contributed by atoms with van der Waals surface area (Å²) in [6, 6.07) is 0.570. The summed E-state index contributed by atoms with van der Waals surface area (Å²) in [7, 11) is 0. The number of aromatic nitrogens is 2. The summed E-state index contributed by atoms with van der Waals surface area (Å²) in [5.74, 6) is -0.340. The number of pyridine rings is 1. The molecule has 2 amide bonds. The molecule has 0 saturated carbocycles. The molecular formula is C20H23F3N4O3. The van der Waals surface area contributed by atoms with Crippen molar-refractivity contribution >= 4 is 22.9 Å². The molecule has 0 aliphatic carbocycles. The van der Waals surface area contributed by atoms with E-state index in [1.807, 2.05) is 0 Å². The zero-order valence-electron chi connectivity index (χ0n) is 16.8. The predicted octanol–water partition coefficient (Wildman–Crippen LogP) is 3.27. The molecule has 30 heavy (non-hydrogen) atoms. The molecule has 2 aliphatic heterocycles. The van der Waals surface area contributed by atoms with Gasteiger partial charge in [0.15, 0.2) is 0 Å². The zero-order chi connectivity index (χ0) is 21.6. The largest absolute Gasteiger partial charge is 0.417 e. The van der Waals surface area contributed by atoms with E-state index in [1.165, 1.54) is 6.92 Å². The van der Waals surface area contributed by atoms with E-state index in [4.69, 9.17) is 4.52 Å². The summed E-state index contributed by atoms with van der Waals surface area (Å²) < 4.78 is 45.7. The molecule has 0 N–H and O–H groups in total. The van der Waals surface area contributed by atoms with Crippen LogP contribution in [0.1, 0.15) is 55.5 Å². The van der Waals surface area contributed by atoms with Crippen LogP contribution in [0, 0.1) is 6.92 Å². The number of nitrogens with zero attached hydrogens (tertiary/aromatic N) is 4. The van der Waals surface area contributed by atoms with Crippen molar-refractivity contribution in [3.05, 3.63) is 23.0 Å². The van der Waals surface area contributed by atoms with Gasteiger partial charge in [0.1, 0.15) is 6.04 Å². The molecule has 2 aliphatic rings. The van der Waals surface area contributed by atoms with Crippen LogP contribution in [0.5, 0.6) is 0 Å². The van der Waals surface area contributed by atoms with Gasteiger partial charge in [0.25, 0.3) is 5.71 Å². The van der Waals surface area contributed by atoms with Gasteiger partial charge in [-0.2, -0.15) is 13.2 Å². The van der Waals surface area contributed by atoms with Crippen molar-refractivity contribution in [1.82, 2.24) is 19.9 Å². The molecule has 1 unspecified atom stereocenters. The summed E-state index contributed by atoms with van der Waals surface area (Å²) in [5, 5.41) is 3.52. The molecule has 0 radical (unpaired) electrons. The van der Waals surface area contributed by atoms with Crippen LogP contribution in [0.2, 0.25) is 0 Å². The number of aryl methyl sites for hydroxylation is 1. The minimum absolute atomic E-state index is 0.00901. The average molecular weight is 424 g/mol. The van der Waals surface area contributed by atoms with Crippen LogP contribution < -0.4 is 0 Å². The van der Waals surface area contributed by atoms with E-state index in [0.29, 0.717) is 44.6 Å². The Morgan fingerprint density at radius 2 is 1.97 bits per heavy atom. The first-order chi connectivity index (χ1) is 14.2. The highest BCUT2D eigenvalue weighted by atomic mass is 19.4. The van der Waals surface area contributed by atoms with Crippen LogP contribution in [0.3, 0.4) is 0 Å². The molecule has 2 aromatic rings. The molecule has 2 fully saturated rings. The van der Waals surface area contributed by atoms with Crippen molar-refractivity contribution in [2.45, 2.75) is 57.7 Å². The Hall–Kier alpha value is -2.65. The van der Waals surface area contributed by atoms with Crippen LogP contribution in [-0.4, -0.2) is 57.4 Å². The van der Waals surface area contributed by atoms with Gasteiger partial charge in [-0.1, -0.05) is 5.16 Å². The van der Waals surface area contributed by atoms with Crippen molar-refractivity contribution < 1.29 is 27.3 Å². The molecule has 0 spiro atoms. The Morgan fingerprint density at radius 3 is 2.57 bits per heavy atom. The van der Waals surface area contributed by atoms with Gasteiger partial charge < -0.3 is 14.3 Å². The van der Waals surface area contributed by atoms with Crippen molar-refractivity contribution in [1.29, 1.82) is 0 Å². The average Bonchev–Trinajstić information content (AvgIpc) is 3.31. The Labute approximate surface area is 171 Å². The van der Waals surface area contributed by atoms with E-state index in [2.05, 4.69) is 10.1 Å². The number of rotatable bonds is 3. The minimum atomic E-state index is -4.54. The number of carbonyl (C=O) groups is 2. The monoisotopic (exact) mass is 424 g/mol. The highest BCUT2D eigenvalue weighted by molar-refractivity contribution is 5.88. The minimum Gasteiger partial charge on any atom is -0.341 e. The first-order valence-electron chi connectivity index (χ1n) is 10.1. The van der Waals surface area contributed by atoms with Crippen molar-refractivity contribution in [2.24, 2.45) is 0 Å². The third-order valence-corrected chi connectivity index (χ3v) is 6.10. The molecule has 4 rings (SSSR count). The van der Waals surface area contributed by atoms with Gasteiger partial charge in [-0.05, 0) is 39.2 Å². The van der Waals surface area contributed by atoms with Gasteiger partial charge >= 0.3 is 6.18 Å². The smallest absolute Gasteiger partial charge is 0.341 e. The Balaban J connectivity index is 1.50. The first-order valence-corrected chi connectivity index (χ1v) is 10.1. The van der Waals surface area contributed by atoms with E-state index < -0.39 is 17.8 Å². The lowest BCUT2D eigenvalue weighted by Crippen LogP contribution is -2.49. The van der Waals surface area contributed by atoms with E-state index in [9.17, 15) is 22.8 Å². The van der Waals surface area contributed by atoms with Crippen molar-refractivity contribution in [2.75, 3.05) is 19.6 Å². The second-order valence-electron chi connectivity index (χ2n) is 8.01. The van der Waals surface area contributed by atoms with Gasteiger partial charge in [-0.15, -0.1) is 0 Å². The van der Waals surface area contributed by atoms with Gasteiger partial charge in [-0.3, -0.25) is 9.59 Å². The Kier molecular flexibility index (Phi) is 5.19. The quantitative estimate of drug-likeness (QED) is 0.756. The number of hydrogen-bond acceptors (Lipinski definition) is 5. The van der Waals surface area contributed by atoms with Gasteiger partial charge in [0.05, 0.1) is 16.6 Å². The maximum absolute atomic E-state index is 13.6. The van der Waals surface area contributed by atoms with E-state index >= 15 is 0 Å². The highest BCUT2D eigenvalue weighted by Gasteiger charge is 2.38.